The first kappa shape index (κ1) is 14.6. The molecule has 0 spiro atoms. The largest absolute Gasteiger partial charge is 0.351 e. The number of benzene rings is 1. The van der Waals surface area contributed by atoms with E-state index in [0.29, 0.717) is 6.54 Å². The molecule has 0 fully saturated rings. The van der Waals surface area contributed by atoms with Gasteiger partial charge in [-0.15, -0.1) is 0 Å². The molecular weight excluding hydrogens is 272 g/mol. The Morgan fingerprint density at radius 2 is 2.00 bits per heavy atom. The smallest absolute Gasteiger partial charge is 0.194 e. The zero-order valence-corrected chi connectivity index (χ0v) is 13.2. The number of pyridine rings is 1. The standard InChI is InChI=1S/C18H22N4/c1-14-6-5-9-17(21-14)12-20-18(19-2)22-11-10-15-7-3-4-8-16(15)13-22/h3-9H,10-13H2,1-2H3,(H,19,20). The molecule has 0 atom stereocenters. The van der Waals surface area contributed by atoms with E-state index < -0.39 is 0 Å². The molecule has 0 aliphatic carbocycles. The summed E-state index contributed by atoms with van der Waals surface area (Å²) in [5, 5.41) is 3.43. The van der Waals surface area contributed by atoms with Gasteiger partial charge < -0.3 is 10.2 Å². The number of hydrogen-bond acceptors (Lipinski definition) is 2. The lowest BCUT2D eigenvalue weighted by Gasteiger charge is -2.31. The number of nitrogens with zero attached hydrogens (tertiary/aromatic N) is 3. The lowest BCUT2D eigenvalue weighted by atomic mass is 10.0. The van der Waals surface area contributed by atoms with Crippen molar-refractivity contribution in [2.45, 2.75) is 26.4 Å². The summed E-state index contributed by atoms with van der Waals surface area (Å²) in [5.41, 5.74) is 4.93. The van der Waals surface area contributed by atoms with Crippen molar-refractivity contribution >= 4 is 5.96 Å². The van der Waals surface area contributed by atoms with Gasteiger partial charge in [0.2, 0.25) is 0 Å². The molecule has 2 heterocycles. The zero-order chi connectivity index (χ0) is 15.4. The monoisotopic (exact) mass is 294 g/mol. The van der Waals surface area contributed by atoms with Gasteiger partial charge in [0.15, 0.2) is 5.96 Å². The quantitative estimate of drug-likeness (QED) is 0.683. The molecule has 0 radical (unpaired) electrons. The van der Waals surface area contributed by atoms with Gasteiger partial charge in [0.05, 0.1) is 12.2 Å². The maximum Gasteiger partial charge on any atom is 0.194 e. The number of aliphatic imine (C=N–C) groups is 1. The number of rotatable bonds is 2. The summed E-state index contributed by atoms with van der Waals surface area (Å²) >= 11 is 0. The van der Waals surface area contributed by atoms with Crippen LogP contribution in [0.3, 0.4) is 0 Å². The molecule has 0 amide bonds. The van der Waals surface area contributed by atoms with Crippen molar-refractivity contribution in [2.24, 2.45) is 4.99 Å². The van der Waals surface area contributed by atoms with Crippen LogP contribution in [0.4, 0.5) is 0 Å². The summed E-state index contributed by atoms with van der Waals surface area (Å²) in [6, 6.07) is 14.7. The predicted octanol–water partition coefficient (Wildman–Crippen LogP) is 2.52. The lowest BCUT2D eigenvalue weighted by Crippen LogP contribution is -2.43. The van der Waals surface area contributed by atoms with E-state index >= 15 is 0 Å². The van der Waals surface area contributed by atoms with Gasteiger partial charge in [0.25, 0.3) is 0 Å². The Bertz CT molecular complexity index is 678. The Balaban J connectivity index is 1.66. The van der Waals surface area contributed by atoms with Crippen molar-refractivity contribution in [1.82, 2.24) is 15.2 Å². The molecule has 1 aromatic carbocycles. The fourth-order valence-electron chi connectivity index (χ4n) is 2.88. The molecule has 1 aliphatic heterocycles. The van der Waals surface area contributed by atoms with E-state index in [9.17, 15) is 0 Å². The molecule has 4 heteroatoms. The van der Waals surface area contributed by atoms with Crippen LogP contribution in [0.15, 0.2) is 47.5 Å². The highest BCUT2D eigenvalue weighted by atomic mass is 15.3. The average Bonchev–Trinajstić information content (AvgIpc) is 2.55. The molecular formula is C18H22N4. The number of aromatic nitrogens is 1. The van der Waals surface area contributed by atoms with Crippen LogP contribution < -0.4 is 5.32 Å². The van der Waals surface area contributed by atoms with Gasteiger partial charge in [-0.1, -0.05) is 30.3 Å². The molecule has 0 bridgehead atoms. The normalized spacial score (nSPS) is 14.6. The SMILES string of the molecule is CN=C(NCc1cccc(C)n1)N1CCc2ccccc2C1. The van der Waals surface area contributed by atoms with Crippen molar-refractivity contribution in [2.75, 3.05) is 13.6 Å². The van der Waals surface area contributed by atoms with Crippen molar-refractivity contribution in [3.8, 4) is 0 Å². The average molecular weight is 294 g/mol. The molecule has 2 aromatic rings. The van der Waals surface area contributed by atoms with Gasteiger partial charge in [-0.25, -0.2) is 0 Å². The summed E-state index contributed by atoms with van der Waals surface area (Å²) in [4.78, 5) is 11.3. The Kier molecular flexibility index (Phi) is 4.37. The van der Waals surface area contributed by atoms with E-state index in [0.717, 1.165) is 36.9 Å². The van der Waals surface area contributed by atoms with E-state index in [1.807, 2.05) is 32.2 Å². The van der Waals surface area contributed by atoms with Crippen LogP contribution in [0, 0.1) is 6.92 Å². The minimum atomic E-state index is 0.701. The summed E-state index contributed by atoms with van der Waals surface area (Å²) < 4.78 is 0. The van der Waals surface area contributed by atoms with Gasteiger partial charge in [0.1, 0.15) is 0 Å². The second kappa shape index (κ2) is 6.60. The van der Waals surface area contributed by atoms with E-state index in [4.69, 9.17) is 0 Å². The fraction of sp³-hybridized carbons (Fsp3) is 0.333. The third kappa shape index (κ3) is 3.27. The summed E-state index contributed by atoms with van der Waals surface area (Å²) in [7, 11) is 1.84. The van der Waals surface area contributed by atoms with E-state index in [-0.39, 0.29) is 0 Å². The molecule has 114 valence electrons. The minimum absolute atomic E-state index is 0.701. The maximum atomic E-state index is 4.52. The van der Waals surface area contributed by atoms with Crippen molar-refractivity contribution in [3.05, 3.63) is 65.0 Å². The Morgan fingerprint density at radius 3 is 2.77 bits per heavy atom. The summed E-state index contributed by atoms with van der Waals surface area (Å²) in [5.74, 6) is 0.942. The van der Waals surface area contributed by atoms with Crippen molar-refractivity contribution < 1.29 is 0 Å². The van der Waals surface area contributed by atoms with Crippen LogP contribution in [0.25, 0.3) is 0 Å². The van der Waals surface area contributed by atoms with Crippen LogP contribution >= 0.6 is 0 Å². The highest BCUT2D eigenvalue weighted by molar-refractivity contribution is 5.80. The second-order valence-corrected chi connectivity index (χ2v) is 5.61. The first-order chi connectivity index (χ1) is 10.8. The van der Waals surface area contributed by atoms with Crippen LogP contribution in [0.5, 0.6) is 0 Å². The molecule has 0 saturated heterocycles. The molecule has 22 heavy (non-hydrogen) atoms. The number of guanidine groups is 1. The van der Waals surface area contributed by atoms with Crippen LogP contribution in [-0.2, 0) is 19.5 Å². The van der Waals surface area contributed by atoms with Gasteiger partial charge in [-0.05, 0) is 36.6 Å². The van der Waals surface area contributed by atoms with Crippen molar-refractivity contribution in [3.63, 3.8) is 0 Å². The fourth-order valence-corrected chi connectivity index (χ4v) is 2.88. The van der Waals surface area contributed by atoms with E-state index in [2.05, 4.69) is 44.5 Å². The second-order valence-electron chi connectivity index (χ2n) is 5.61. The third-order valence-electron chi connectivity index (χ3n) is 4.02. The molecule has 4 nitrogen and oxygen atoms in total. The topological polar surface area (TPSA) is 40.5 Å². The summed E-state index contributed by atoms with van der Waals surface area (Å²) in [6.07, 6.45) is 1.07. The number of nitrogens with one attached hydrogen (secondary N) is 1. The van der Waals surface area contributed by atoms with Crippen LogP contribution in [0.2, 0.25) is 0 Å². The maximum absolute atomic E-state index is 4.52. The highest BCUT2D eigenvalue weighted by Crippen LogP contribution is 2.18. The summed E-state index contributed by atoms with van der Waals surface area (Å²) in [6.45, 7) is 4.63. The Labute approximate surface area is 131 Å². The molecule has 1 N–H and O–H groups in total. The molecule has 0 unspecified atom stereocenters. The molecule has 1 aromatic heterocycles. The van der Waals surface area contributed by atoms with Crippen LogP contribution in [0.1, 0.15) is 22.5 Å². The van der Waals surface area contributed by atoms with Gasteiger partial charge in [-0.2, -0.15) is 0 Å². The Morgan fingerprint density at radius 1 is 1.18 bits per heavy atom. The van der Waals surface area contributed by atoms with Gasteiger partial charge in [0, 0.05) is 25.8 Å². The first-order valence-corrected chi connectivity index (χ1v) is 7.71. The first-order valence-electron chi connectivity index (χ1n) is 7.71. The van der Waals surface area contributed by atoms with Gasteiger partial charge >= 0.3 is 0 Å². The Hall–Kier alpha value is -2.36. The molecule has 3 rings (SSSR count). The van der Waals surface area contributed by atoms with E-state index in [1.54, 1.807) is 0 Å². The predicted molar refractivity (Wildman–Crippen MR) is 89.7 cm³/mol. The number of hydrogen-bond donors (Lipinski definition) is 1. The molecule has 0 saturated carbocycles. The van der Waals surface area contributed by atoms with Crippen LogP contribution in [-0.4, -0.2) is 29.4 Å². The van der Waals surface area contributed by atoms with Crippen molar-refractivity contribution in [1.29, 1.82) is 0 Å². The number of fused-ring (bicyclic) bond motifs is 1. The number of aryl methyl sites for hydroxylation is 1. The zero-order valence-electron chi connectivity index (χ0n) is 13.2. The minimum Gasteiger partial charge on any atom is -0.351 e. The van der Waals surface area contributed by atoms with Gasteiger partial charge in [-0.3, -0.25) is 9.98 Å². The lowest BCUT2D eigenvalue weighted by molar-refractivity contribution is 0.378. The third-order valence-corrected chi connectivity index (χ3v) is 4.02. The van der Waals surface area contributed by atoms with E-state index in [1.165, 1.54) is 11.1 Å². The highest BCUT2D eigenvalue weighted by Gasteiger charge is 2.18. The molecule has 1 aliphatic rings.